The molecule has 0 aliphatic heterocycles. The van der Waals surface area contributed by atoms with Gasteiger partial charge in [0.1, 0.15) is 4.21 Å². The lowest BCUT2D eigenvalue weighted by Gasteiger charge is -2.21. The highest BCUT2D eigenvalue weighted by atomic mass is 32.2. The van der Waals surface area contributed by atoms with Gasteiger partial charge in [0, 0.05) is 13.1 Å². The zero-order chi connectivity index (χ0) is 15.3. The molecule has 0 unspecified atom stereocenters. The Bertz CT molecular complexity index is 666. The summed E-state index contributed by atoms with van der Waals surface area (Å²) in [6, 6.07) is 11.0. The van der Waals surface area contributed by atoms with Gasteiger partial charge in [0.05, 0.1) is 5.69 Å². The number of thiophene rings is 1. The topological polar surface area (TPSA) is 49.4 Å². The molecule has 0 radical (unpaired) electrons. The predicted octanol–water partition coefficient (Wildman–Crippen LogP) is 3.07. The number of nitrogens with zero attached hydrogens (tertiary/aromatic N) is 1. The van der Waals surface area contributed by atoms with E-state index in [4.69, 9.17) is 0 Å². The summed E-state index contributed by atoms with van der Waals surface area (Å²) in [6.07, 6.45) is 0. The summed E-state index contributed by atoms with van der Waals surface area (Å²) in [7, 11) is -3.48. The van der Waals surface area contributed by atoms with E-state index in [1.54, 1.807) is 6.07 Å². The fourth-order valence-electron chi connectivity index (χ4n) is 2.04. The molecule has 1 heterocycles. The molecule has 0 bridgehead atoms. The standard InChI is InChI=1S/C15H20N2O2S2/c1-3-16-11-13-10-15(20-12-13)21(18,19)17(4-2)14-8-6-5-7-9-14/h5-10,12,16H,3-4,11H2,1-2H3. The molecule has 6 heteroatoms. The second-order valence-electron chi connectivity index (χ2n) is 4.56. The van der Waals surface area contributed by atoms with Gasteiger partial charge in [-0.3, -0.25) is 4.31 Å². The Kier molecular flexibility index (Phi) is 5.39. The number of hydrogen-bond acceptors (Lipinski definition) is 4. The fraction of sp³-hybridized carbons (Fsp3) is 0.333. The van der Waals surface area contributed by atoms with Crippen molar-refractivity contribution in [3.8, 4) is 0 Å². The summed E-state index contributed by atoms with van der Waals surface area (Å²) >= 11 is 1.28. The molecule has 1 N–H and O–H groups in total. The smallest absolute Gasteiger partial charge is 0.273 e. The molecule has 21 heavy (non-hydrogen) atoms. The lowest BCUT2D eigenvalue weighted by molar-refractivity contribution is 0.593. The Labute approximate surface area is 130 Å². The maximum absolute atomic E-state index is 12.8. The highest BCUT2D eigenvalue weighted by molar-refractivity contribution is 7.94. The minimum absolute atomic E-state index is 0.390. The molecule has 1 aromatic carbocycles. The molecule has 0 saturated carbocycles. The van der Waals surface area contributed by atoms with Crippen LogP contribution in [0, 0.1) is 0 Å². The molecule has 0 aliphatic carbocycles. The summed E-state index contributed by atoms with van der Waals surface area (Å²) in [5.41, 5.74) is 1.70. The van der Waals surface area contributed by atoms with Crippen LogP contribution in [0.15, 0.2) is 46.0 Å². The van der Waals surface area contributed by atoms with Gasteiger partial charge in [0.15, 0.2) is 0 Å². The van der Waals surface area contributed by atoms with Crippen molar-refractivity contribution < 1.29 is 8.42 Å². The number of hydrogen-bond donors (Lipinski definition) is 1. The van der Waals surface area contributed by atoms with Gasteiger partial charge in [0.2, 0.25) is 0 Å². The first-order chi connectivity index (χ1) is 10.1. The van der Waals surface area contributed by atoms with Crippen molar-refractivity contribution in [2.24, 2.45) is 0 Å². The van der Waals surface area contributed by atoms with Crippen LogP contribution in [0.2, 0.25) is 0 Å². The van der Waals surface area contributed by atoms with E-state index in [2.05, 4.69) is 5.32 Å². The number of anilines is 1. The molecule has 4 nitrogen and oxygen atoms in total. The van der Waals surface area contributed by atoms with Crippen LogP contribution in [-0.4, -0.2) is 21.5 Å². The normalized spacial score (nSPS) is 11.5. The molecular weight excluding hydrogens is 304 g/mol. The van der Waals surface area contributed by atoms with Crippen LogP contribution < -0.4 is 9.62 Å². The summed E-state index contributed by atoms with van der Waals surface area (Å²) in [6.45, 7) is 5.84. The minimum Gasteiger partial charge on any atom is -0.313 e. The number of benzene rings is 1. The lowest BCUT2D eigenvalue weighted by Crippen LogP contribution is -2.30. The van der Waals surface area contributed by atoms with Crippen LogP contribution in [0.25, 0.3) is 0 Å². The number of para-hydroxylation sites is 1. The molecular formula is C15H20N2O2S2. The van der Waals surface area contributed by atoms with E-state index in [1.807, 2.05) is 49.6 Å². The van der Waals surface area contributed by atoms with Crippen LogP contribution in [0.4, 0.5) is 5.69 Å². The van der Waals surface area contributed by atoms with Crippen LogP contribution in [0.3, 0.4) is 0 Å². The first kappa shape index (κ1) is 16.0. The van der Waals surface area contributed by atoms with Crippen LogP contribution in [0.1, 0.15) is 19.4 Å². The second-order valence-corrected chi connectivity index (χ2v) is 7.56. The maximum Gasteiger partial charge on any atom is 0.273 e. The maximum atomic E-state index is 12.8. The highest BCUT2D eigenvalue weighted by Crippen LogP contribution is 2.27. The van der Waals surface area contributed by atoms with E-state index in [0.717, 1.165) is 12.1 Å². The number of rotatable bonds is 7. The Hall–Kier alpha value is -1.37. The molecule has 2 rings (SSSR count). The zero-order valence-corrected chi connectivity index (χ0v) is 13.9. The third-order valence-electron chi connectivity index (χ3n) is 3.08. The van der Waals surface area contributed by atoms with Gasteiger partial charge in [-0.1, -0.05) is 25.1 Å². The molecule has 0 amide bonds. The van der Waals surface area contributed by atoms with Gasteiger partial charge < -0.3 is 5.32 Å². The third-order valence-corrected chi connectivity index (χ3v) is 6.45. The van der Waals surface area contributed by atoms with Crippen molar-refractivity contribution in [2.75, 3.05) is 17.4 Å². The molecule has 0 aliphatic rings. The molecule has 114 valence electrons. The van der Waals surface area contributed by atoms with E-state index >= 15 is 0 Å². The SMILES string of the molecule is CCNCc1csc(S(=O)(=O)N(CC)c2ccccc2)c1. The van der Waals surface area contributed by atoms with Crippen molar-refractivity contribution in [3.63, 3.8) is 0 Å². The minimum atomic E-state index is -3.48. The molecule has 2 aromatic rings. The van der Waals surface area contributed by atoms with Gasteiger partial charge in [-0.2, -0.15) is 0 Å². The third kappa shape index (κ3) is 3.64. The summed E-state index contributed by atoms with van der Waals surface area (Å²) in [5.74, 6) is 0. The van der Waals surface area contributed by atoms with Crippen molar-refractivity contribution in [1.29, 1.82) is 0 Å². The van der Waals surface area contributed by atoms with Crippen LogP contribution >= 0.6 is 11.3 Å². The fourth-order valence-corrected chi connectivity index (χ4v) is 4.84. The van der Waals surface area contributed by atoms with E-state index in [9.17, 15) is 8.42 Å². The first-order valence-corrected chi connectivity index (χ1v) is 9.27. The summed E-state index contributed by atoms with van der Waals surface area (Å²) in [4.78, 5) is 0. The van der Waals surface area contributed by atoms with Crippen molar-refractivity contribution >= 4 is 27.0 Å². The average molecular weight is 324 g/mol. The first-order valence-electron chi connectivity index (χ1n) is 6.95. The highest BCUT2D eigenvalue weighted by Gasteiger charge is 2.25. The Balaban J connectivity index is 2.29. The monoisotopic (exact) mass is 324 g/mol. The van der Waals surface area contributed by atoms with Gasteiger partial charge in [0.25, 0.3) is 10.0 Å². The molecule has 0 spiro atoms. The summed E-state index contributed by atoms with van der Waals surface area (Å²) < 4.78 is 27.4. The molecule has 0 atom stereocenters. The van der Waals surface area contributed by atoms with Crippen molar-refractivity contribution in [1.82, 2.24) is 5.32 Å². The van der Waals surface area contributed by atoms with Gasteiger partial charge in [-0.25, -0.2) is 8.42 Å². The Morgan fingerprint density at radius 1 is 1.19 bits per heavy atom. The predicted molar refractivity (Wildman–Crippen MR) is 88.3 cm³/mol. The quantitative estimate of drug-likeness (QED) is 0.851. The molecule has 0 saturated heterocycles. The number of sulfonamides is 1. The van der Waals surface area contributed by atoms with Crippen LogP contribution in [0.5, 0.6) is 0 Å². The van der Waals surface area contributed by atoms with Gasteiger partial charge in [-0.05, 0) is 42.6 Å². The van der Waals surface area contributed by atoms with Crippen molar-refractivity contribution in [2.45, 2.75) is 24.6 Å². The number of nitrogens with one attached hydrogen (secondary N) is 1. The van der Waals surface area contributed by atoms with E-state index in [1.165, 1.54) is 15.6 Å². The Morgan fingerprint density at radius 3 is 2.52 bits per heavy atom. The van der Waals surface area contributed by atoms with E-state index in [0.29, 0.717) is 23.0 Å². The molecule has 1 aromatic heterocycles. The molecule has 0 fully saturated rings. The van der Waals surface area contributed by atoms with Crippen molar-refractivity contribution in [3.05, 3.63) is 47.3 Å². The van der Waals surface area contributed by atoms with E-state index in [-0.39, 0.29) is 0 Å². The largest absolute Gasteiger partial charge is 0.313 e. The summed E-state index contributed by atoms with van der Waals surface area (Å²) in [5, 5.41) is 5.10. The lowest BCUT2D eigenvalue weighted by atomic mass is 10.3. The average Bonchev–Trinajstić information content (AvgIpc) is 2.96. The van der Waals surface area contributed by atoms with Crippen LogP contribution in [-0.2, 0) is 16.6 Å². The Morgan fingerprint density at radius 2 is 1.90 bits per heavy atom. The zero-order valence-electron chi connectivity index (χ0n) is 12.2. The second kappa shape index (κ2) is 7.06. The van der Waals surface area contributed by atoms with Gasteiger partial charge in [-0.15, -0.1) is 11.3 Å². The van der Waals surface area contributed by atoms with E-state index < -0.39 is 10.0 Å². The van der Waals surface area contributed by atoms with Gasteiger partial charge >= 0.3 is 0 Å².